The summed E-state index contributed by atoms with van der Waals surface area (Å²) < 4.78 is 37.7. The highest BCUT2D eigenvalue weighted by atomic mass is 19.4. The van der Waals surface area contributed by atoms with Gasteiger partial charge in [-0.25, -0.2) is 0 Å². The highest BCUT2D eigenvalue weighted by Crippen LogP contribution is 2.29. The zero-order chi connectivity index (χ0) is 14.9. The van der Waals surface area contributed by atoms with Gasteiger partial charge in [0, 0.05) is 12.6 Å². The zero-order valence-corrected chi connectivity index (χ0v) is 10.4. The minimum Gasteiger partial charge on any atom is -0.481 e. The predicted octanol–water partition coefficient (Wildman–Crippen LogP) is 1.98. The number of carboxylic acid groups (broad SMARTS) is 1. The molecule has 0 bridgehead atoms. The Labute approximate surface area is 112 Å². The first-order valence-corrected chi connectivity index (χ1v) is 5.95. The second-order valence-corrected chi connectivity index (χ2v) is 4.66. The number of hydrogen-bond donors (Lipinski definition) is 1. The van der Waals surface area contributed by atoms with Crippen LogP contribution in [0.25, 0.3) is 0 Å². The van der Waals surface area contributed by atoms with E-state index in [1.54, 1.807) is 24.3 Å². The van der Waals surface area contributed by atoms with Crippen LogP contribution in [-0.4, -0.2) is 34.1 Å². The summed E-state index contributed by atoms with van der Waals surface area (Å²) in [6, 6.07) is 5.81. The van der Waals surface area contributed by atoms with E-state index in [0.29, 0.717) is 10.5 Å². The molecule has 1 heterocycles. The Morgan fingerprint density at radius 1 is 1.25 bits per heavy atom. The molecule has 7 heteroatoms. The van der Waals surface area contributed by atoms with E-state index in [4.69, 9.17) is 5.11 Å². The minimum atomic E-state index is -5.00. The van der Waals surface area contributed by atoms with Crippen molar-refractivity contribution in [3.63, 3.8) is 0 Å². The van der Waals surface area contributed by atoms with Crippen LogP contribution in [0.1, 0.15) is 17.5 Å². The Morgan fingerprint density at radius 3 is 2.40 bits per heavy atom. The molecule has 0 unspecified atom stereocenters. The van der Waals surface area contributed by atoms with Gasteiger partial charge in [-0.05, 0) is 17.5 Å². The lowest BCUT2D eigenvalue weighted by Crippen LogP contribution is -2.50. The molecular weight excluding hydrogens is 275 g/mol. The number of halogens is 3. The molecule has 0 aromatic heterocycles. The molecule has 1 aromatic carbocycles. The van der Waals surface area contributed by atoms with Crippen LogP contribution in [0.2, 0.25) is 0 Å². The van der Waals surface area contributed by atoms with Crippen LogP contribution in [-0.2, 0) is 22.6 Å². The number of amides is 1. The highest BCUT2D eigenvalue weighted by Gasteiger charge is 2.46. The predicted molar refractivity (Wildman–Crippen MR) is 62.8 cm³/mol. The topological polar surface area (TPSA) is 57.6 Å². The van der Waals surface area contributed by atoms with Gasteiger partial charge >= 0.3 is 18.1 Å². The Kier molecular flexibility index (Phi) is 3.69. The van der Waals surface area contributed by atoms with E-state index in [1.165, 1.54) is 0 Å². The molecule has 1 aliphatic rings. The van der Waals surface area contributed by atoms with Gasteiger partial charge in [0.15, 0.2) is 0 Å². The quantitative estimate of drug-likeness (QED) is 0.904. The van der Waals surface area contributed by atoms with Gasteiger partial charge in [-0.2, -0.15) is 13.2 Å². The Morgan fingerprint density at radius 2 is 1.85 bits per heavy atom. The van der Waals surface area contributed by atoms with E-state index >= 15 is 0 Å². The SMILES string of the molecule is O=C(O)C[C@@H]1Cc2ccccc2CN1C(=O)C(F)(F)F. The summed E-state index contributed by atoms with van der Waals surface area (Å²) in [6.45, 7) is -0.216. The summed E-state index contributed by atoms with van der Waals surface area (Å²) in [6.07, 6.45) is -5.39. The van der Waals surface area contributed by atoms with E-state index in [0.717, 1.165) is 5.56 Å². The Balaban J connectivity index is 2.32. The average Bonchev–Trinajstić information content (AvgIpc) is 2.35. The molecule has 1 aliphatic heterocycles. The molecule has 1 aromatic rings. The van der Waals surface area contributed by atoms with E-state index in [2.05, 4.69) is 0 Å². The third-order valence-corrected chi connectivity index (χ3v) is 3.27. The number of fused-ring (bicyclic) bond motifs is 1. The van der Waals surface area contributed by atoms with Gasteiger partial charge in [0.2, 0.25) is 0 Å². The summed E-state index contributed by atoms with van der Waals surface area (Å²) in [4.78, 5) is 22.8. The molecule has 0 spiro atoms. The third kappa shape index (κ3) is 2.92. The average molecular weight is 287 g/mol. The van der Waals surface area contributed by atoms with Crippen molar-refractivity contribution >= 4 is 11.9 Å². The third-order valence-electron chi connectivity index (χ3n) is 3.27. The van der Waals surface area contributed by atoms with E-state index in [1.807, 2.05) is 0 Å². The monoisotopic (exact) mass is 287 g/mol. The lowest BCUT2D eigenvalue weighted by Gasteiger charge is -2.36. The summed E-state index contributed by atoms with van der Waals surface area (Å²) in [7, 11) is 0. The van der Waals surface area contributed by atoms with Gasteiger partial charge in [-0.3, -0.25) is 9.59 Å². The van der Waals surface area contributed by atoms with Crippen LogP contribution in [0.5, 0.6) is 0 Å². The molecule has 20 heavy (non-hydrogen) atoms. The molecule has 4 nitrogen and oxygen atoms in total. The normalized spacial score (nSPS) is 18.6. The lowest BCUT2D eigenvalue weighted by atomic mass is 9.92. The number of benzene rings is 1. The van der Waals surface area contributed by atoms with Crippen LogP contribution in [0, 0.1) is 0 Å². The van der Waals surface area contributed by atoms with Crippen molar-refractivity contribution in [2.75, 3.05) is 0 Å². The van der Waals surface area contributed by atoms with Gasteiger partial charge in [0.1, 0.15) is 0 Å². The van der Waals surface area contributed by atoms with Crippen LogP contribution >= 0.6 is 0 Å². The summed E-state index contributed by atoms with van der Waals surface area (Å²) in [5.74, 6) is -3.22. The Bertz CT molecular complexity index is 542. The van der Waals surface area contributed by atoms with Gasteiger partial charge in [-0.1, -0.05) is 24.3 Å². The number of aliphatic carboxylic acids is 1. The molecule has 2 rings (SSSR count). The first kappa shape index (κ1) is 14.4. The fourth-order valence-electron chi connectivity index (χ4n) is 2.37. The maximum Gasteiger partial charge on any atom is 0.471 e. The van der Waals surface area contributed by atoms with Crippen LogP contribution in [0.15, 0.2) is 24.3 Å². The number of rotatable bonds is 2. The smallest absolute Gasteiger partial charge is 0.471 e. The first-order chi connectivity index (χ1) is 9.29. The van der Waals surface area contributed by atoms with Gasteiger partial charge in [0.25, 0.3) is 0 Å². The zero-order valence-electron chi connectivity index (χ0n) is 10.4. The second-order valence-electron chi connectivity index (χ2n) is 4.66. The van der Waals surface area contributed by atoms with E-state index in [9.17, 15) is 22.8 Å². The molecule has 0 saturated carbocycles. The second kappa shape index (κ2) is 5.15. The lowest BCUT2D eigenvalue weighted by molar-refractivity contribution is -0.189. The molecule has 0 aliphatic carbocycles. The van der Waals surface area contributed by atoms with E-state index < -0.39 is 30.5 Å². The number of carbonyl (C=O) groups excluding carboxylic acids is 1. The van der Waals surface area contributed by atoms with Crippen molar-refractivity contribution in [3.8, 4) is 0 Å². The maximum absolute atomic E-state index is 12.6. The molecular formula is C13H12F3NO3. The van der Waals surface area contributed by atoms with Crippen LogP contribution in [0.4, 0.5) is 13.2 Å². The fourth-order valence-corrected chi connectivity index (χ4v) is 2.37. The van der Waals surface area contributed by atoms with Gasteiger partial charge < -0.3 is 10.0 Å². The first-order valence-electron chi connectivity index (χ1n) is 5.95. The van der Waals surface area contributed by atoms with Crippen LogP contribution in [0.3, 0.4) is 0 Å². The number of alkyl halides is 3. The number of carbonyl (C=O) groups is 2. The van der Waals surface area contributed by atoms with Crippen molar-refractivity contribution in [2.45, 2.75) is 31.6 Å². The van der Waals surface area contributed by atoms with Crippen molar-refractivity contribution < 1.29 is 27.9 Å². The molecule has 0 radical (unpaired) electrons. The molecule has 1 amide bonds. The maximum atomic E-state index is 12.6. The van der Waals surface area contributed by atoms with Gasteiger partial charge in [0.05, 0.1) is 6.42 Å². The molecule has 1 N–H and O–H groups in total. The van der Waals surface area contributed by atoms with Crippen molar-refractivity contribution in [2.24, 2.45) is 0 Å². The minimum absolute atomic E-state index is 0.115. The standard InChI is InChI=1S/C13H12F3NO3/c14-13(15,16)12(20)17-7-9-4-2-1-3-8(9)5-10(17)6-11(18)19/h1-4,10H,5-7H2,(H,18,19)/t10-/m0/s1. The van der Waals surface area contributed by atoms with Gasteiger partial charge in [-0.15, -0.1) is 0 Å². The largest absolute Gasteiger partial charge is 0.481 e. The summed E-state index contributed by atoms with van der Waals surface area (Å²) >= 11 is 0. The highest BCUT2D eigenvalue weighted by molar-refractivity contribution is 5.83. The fraction of sp³-hybridized carbons (Fsp3) is 0.385. The molecule has 1 atom stereocenters. The van der Waals surface area contributed by atoms with E-state index in [-0.39, 0.29) is 13.0 Å². The molecule has 0 fully saturated rings. The molecule has 108 valence electrons. The van der Waals surface area contributed by atoms with Crippen molar-refractivity contribution in [3.05, 3.63) is 35.4 Å². The summed E-state index contributed by atoms with van der Waals surface area (Å²) in [5, 5.41) is 8.80. The molecule has 0 saturated heterocycles. The summed E-state index contributed by atoms with van der Waals surface area (Å²) in [5.41, 5.74) is 1.40. The van der Waals surface area contributed by atoms with Crippen molar-refractivity contribution in [1.82, 2.24) is 4.90 Å². The number of carboxylic acids is 1. The Hall–Kier alpha value is -2.05. The van der Waals surface area contributed by atoms with Crippen LogP contribution < -0.4 is 0 Å². The van der Waals surface area contributed by atoms with Crippen molar-refractivity contribution in [1.29, 1.82) is 0 Å². The number of nitrogens with zero attached hydrogens (tertiary/aromatic N) is 1. The number of hydrogen-bond acceptors (Lipinski definition) is 2.